The third kappa shape index (κ3) is 1.56. The zero-order chi connectivity index (χ0) is 10.8. The van der Waals surface area contributed by atoms with Crippen LogP contribution in [0.1, 0.15) is 31.5 Å². The summed E-state index contributed by atoms with van der Waals surface area (Å²) < 4.78 is 0. The van der Waals surface area contributed by atoms with Crippen LogP contribution in [-0.4, -0.2) is 20.1 Å². The van der Waals surface area contributed by atoms with E-state index >= 15 is 0 Å². The smallest absolute Gasteiger partial charge is 0.223 e. The second kappa shape index (κ2) is 3.88. The summed E-state index contributed by atoms with van der Waals surface area (Å²) in [6.45, 7) is 4.21. The van der Waals surface area contributed by atoms with Gasteiger partial charge >= 0.3 is 0 Å². The van der Waals surface area contributed by atoms with E-state index in [9.17, 15) is 5.11 Å². The zero-order valence-corrected chi connectivity index (χ0v) is 9.04. The van der Waals surface area contributed by atoms with Crippen molar-refractivity contribution in [2.75, 3.05) is 0 Å². The minimum absolute atomic E-state index is 0.0791. The summed E-state index contributed by atoms with van der Waals surface area (Å²) in [6.07, 6.45) is 4.33. The SMILES string of the molecule is CCCc1[nH]c2ncnc(O)c2c1CC. The van der Waals surface area contributed by atoms with Crippen LogP contribution >= 0.6 is 0 Å². The molecule has 0 aromatic carbocycles. The highest BCUT2D eigenvalue weighted by Gasteiger charge is 2.13. The number of hydrogen-bond donors (Lipinski definition) is 2. The largest absolute Gasteiger partial charge is 0.493 e. The number of aromatic amines is 1. The van der Waals surface area contributed by atoms with Crippen LogP contribution in [0.25, 0.3) is 11.0 Å². The second-order valence-corrected chi connectivity index (χ2v) is 3.61. The molecule has 4 heteroatoms. The topological polar surface area (TPSA) is 61.8 Å². The molecule has 80 valence electrons. The molecule has 2 N–H and O–H groups in total. The Balaban J connectivity index is 2.68. The summed E-state index contributed by atoms with van der Waals surface area (Å²) >= 11 is 0. The van der Waals surface area contributed by atoms with Crippen LogP contribution in [0.15, 0.2) is 6.33 Å². The van der Waals surface area contributed by atoms with Crippen molar-refractivity contribution >= 4 is 11.0 Å². The molecule has 0 unspecified atom stereocenters. The van der Waals surface area contributed by atoms with E-state index < -0.39 is 0 Å². The van der Waals surface area contributed by atoms with Crippen LogP contribution in [-0.2, 0) is 12.8 Å². The Hall–Kier alpha value is -1.58. The summed E-state index contributed by atoms with van der Waals surface area (Å²) in [5, 5.41) is 10.5. The highest BCUT2D eigenvalue weighted by Crippen LogP contribution is 2.28. The molecule has 2 rings (SSSR count). The van der Waals surface area contributed by atoms with Gasteiger partial charge in [-0.3, -0.25) is 0 Å². The maximum Gasteiger partial charge on any atom is 0.223 e. The van der Waals surface area contributed by atoms with Gasteiger partial charge in [0, 0.05) is 5.69 Å². The molecular formula is C11H15N3O. The van der Waals surface area contributed by atoms with Gasteiger partial charge in [-0.1, -0.05) is 20.3 Å². The monoisotopic (exact) mass is 205 g/mol. The van der Waals surface area contributed by atoms with Gasteiger partial charge in [-0.25, -0.2) is 9.97 Å². The number of nitrogens with one attached hydrogen (secondary N) is 1. The van der Waals surface area contributed by atoms with E-state index in [4.69, 9.17) is 0 Å². The molecule has 4 nitrogen and oxygen atoms in total. The summed E-state index contributed by atoms with van der Waals surface area (Å²) in [7, 11) is 0. The first-order chi connectivity index (χ1) is 7.27. The Bertz CT molecular complexity index is 476. The van der Waals surface area contributed by atoms with Gasteiger partial charge in [0.1, 0.15) is 12.0 Å². The van der Waals surface area contributed by atoms with Gasteiger partial charge in [0.25, 0.3) is 0 Å². The number of aromatic hydroxyl groups is 1. The van der Waals surface area contributed by atoms with E-state index in [-0.39, 0.29) is 5.88 Å². The first-order valence-electron chi connectivity index (χ1n) is 5.31. The van der Waals surface area contributed by atoms with E-state index in [1.54, 1.807) is 0 Å². The molecule has 0 saturated heterocycles. The third-order valence-corrected chi connectivity index (χ3v) is 2.62. The number of fused-ring (bicyclic) bond motifs is 1. The molecule has 0 aliphatic heterocycles. The number of hydrogen-bond acceptors (Lipinski definition) is 3. The molecule has 15 heavy (non-hydrogen) atoms. The number of aryl methyl sites for hydroxylation is 2. The van der Waals surface area contributed by atoms with Crippen molar-refractivity contribution < 1.29 is 5.11 Å². The van der Waals surface area contributed by atoms with Gasteiger partial charge in [0.2, 0.25) is 5.88 Å². The summed E-state index contributed by atoms with van der Waals surface area (Å²) in [4.78, 5) is 11.2. The lowest BCUT2D eigenvalue weighted by molar-refractivity contribution is 0.459. The molecule has 0 fully saturated rings. The molecule has 2 heterocycles. The van der Waals surface area contributed by atoms with Crippen molar-refractivity contribution in [3.05, 3.63) is 17.6 Å². The first-order valence-corrected chi connectivity index (χ1v) is 5.31. The highest BCUT2D eigenvalue weighted by molar-refractivity contribution is 5.85. The Morgan fingerprint density at radius 3 is 2.80 bits per heavy atom. The Morgan fingerprint density at radius 2 is 2.13 bits per heavy atom. The van der Waals surface area contributed by atoms with Crippen LogP contribution < -0.4 is 0 Å². The summed E-state index contributed by atoms with van der Waals surface area (Å²) in [6, 6.07) is 0. The number of rotatable bonds is 3. The lowest BCUT2D eigenvalue weighted by Gasteiger charge is -1.99. The Labute approximate surface area is 88.4 Å². The van der Waals surface area contributed by atoms with Crippen molar-refractivity contribution in [1.29, 1.82) is 0 Å². The Morgan fingerprint density at radius 1 is 1.33 bits per heavy atom. The molecule has 0 aliphatic rings. The predicted molar refractivity (Wildman–Crippen MR) is 58.9 cm³/mol. The molecular weight excluding hydrogens is 190 g/mol. The number of H-pyrrole nitrogens is 1. The molecule has 0 atom stereocenters. The van der Waals surface area contributed by atoms with Gasteiger partial charge in [-0.15, -0.1) is 0 Å². The van der Waals surface area contributed by atoms with E-state index in [0.29, 0.717) is 0 Å². The quantitative estimate of drug-likeness (QED) is 0.807. The predicted octanol–water partition coefficient (Wildman–Crippen LogP) is 2.18. The van der Waals surface area contributed by atoms with Crippen molar-refractivity contribution in [3.63, 3.8) is 0 Å². The molecule has 0 saturated carbocycles. The fourth-order valence-electron chi connectivity index (χ4n) is 1.97. The van der Waals surface area contributed by atoms with Crippen LogP contribution in [0.3, 0.4) is 0 Å². The lowest BCUT2D eigenvalue weighted by Crippen LogP contribution is -1.89. The second-order valence-electron chi connectivity index (χ2n) is 3.61. The number of aromatic nitrogens is 3. The van der Waals surface area contributed by atoms with Gasteiger partial charge in [0.15, 0.2) is 0 Å². The molecule has 0 amide bonds. The molecule has 0 aliphatic carbocycles. The molecule has 2 aromatic heterocycles. The fraction of sp³-hybridized carbons (Fsp3) is 0.455. The van der Waals surface area contributed by atoms with E-state index in [1.165, 1.54) is 12.0 Å². The zero-order valence-electron chi connectivity index (χ0n) is 9.04. The van der Waals surface area contributed by atoms with E-state index in [1.807, 2.05) is 0 Å². The average molecular weight is 205 g/mol. The Kier molecular flexibility index (Phi) is 2.58. The summed E-state index contributed by atoms with van der Waals surface area (Å²) in [5.74, 6) is 0.0791. The van der Waals surface area contributed by atoms with Gasteiger partial charge in [0.05, 0.1) is 5.39 Å². The van der Waals surface area contributed by atoms with E-state index in [2.05, 4.69) is 28.8 Å². The maximum atomic E-state index is 9.69. The maximum absolute atomic E-state index is 9.69. The molecule has 0 bridgehead atoms. The van der Waals surface area contributed by atoms with Crippen LogP contribution in [0, 0.1) is 0 Å². The van der Waals surface area contributed by atoms with Crippen LogP contribution in [0.5, 0.6) is 5.88 Å². The van der Waals surface area contributed by atoms with Crippen LogP contribution in [0.4, 0.5) is 0 Å². The number of nitrogens with zero attached hydrogens (tertiary/aromatic N) is 2. The van der Waals surface area contributed by atoms with Crippen molar-refractivity contribution in [3.8, 4) is 5.88 Å². The van der Waals surface area contributed by atoms with Gasteiger partial charge < -0.3 is 10.1 Å². The molecule has 0 radical (unpaired) electrons. The fourth-order valence-corrected chi connectivity index (χ4v) is 1.97. The minimum atomic E-state index is 0.0791. The third-order valence-electron chi connectivity index (χ3n) is 2.62. The standard InChI is InChI=1S/C11H15N3O/c1-3-5-8-7(4-2)9-10(14-8)12-6-13-11(9)15/h6H,3-5H2,1-2H3,(H2,12,13,14,15). The lowest BCUT2D eigenvalue weighted by atomic mass is 10.1. The first kappa shape index (κ1) is 9.96. The van der Waals surface area contributed by atoms with E-state index in [0.717, 1.165) is 35.9 Å². The van der Waals surface area contributed by atoms with Crippen molar-refractivity contribution in [2.45, 2.75) is 33.1 Å². The van der Waals surface area contributed by atoms with Crippen molar-refractivity contribution in [1.82, 2.24) is 15.0 Å². The van der Waals surface area contributed by atoms with Gasteiger partial charge in [-0.2, -0.15) is 0 Å². The average Bonchev–Trinajstić information content (AvgIpc) is 2.57. The van der Waals surface area contributed by atoms with Crippen LogP contribution in [0.2, 0.25) is 0 Å². The highest BCUT2D eigenvalue weighted by atomic mass is 16.3. The minimum Gasteiger partial charge on any atom is -0.493 e. The summed E-state index contributed by atoms with van der Waals surface area (Å²) in [5.41, 5.74) is 3.05. The van der Waals surface area contributed by atoms with Gasteiger partial charge in [-0.05, 0) is 18.4 Å². The normalized spacial score (nSPS) is 11.1. The molecule has 0 spiro atoms. The van der Waals surface area contributed by atoms with Crippen molar-refractivity contribution in [2.24, 2.45) is 0 Å². The molecule has 2 aromatic rings.